The summed E-state index contributed by atoms with van der Waals surface area (Å²) in [7, 11) is -3.04. The Balaban J connectivity index is 1.78. The van der Waals surface area contributed by atoms with Crippen LogP contribution in [0, 0.1) is 6.92 Å². The van der Waals surface area contributed by atoms with Crippen molar-refractivity contribution < 1.29 is 8.42 Å². The van der Waals surface area contributed by atoms with E-state index in [0.717, 1.165) is 30.6 Å². The van der Waals surface area contributed by atoms with Gasteiger partial charge in [0.15, 0.2) is 0 Å². The molecule has 1 aliphatic heterocycles. The largest absolute Gasteiger partial charge is 0.308 e. The maximum absolute atomic E-state index is 12.0. The van der Waals surface area contributed by atoms with Crippen molar-refractivity contribution in [3.05, 3.63) is 29.6 Å². The molecule has 0 unspecified atom stereocenters. The maximum atomic E-state index is 12.0. The molecule has 0 atom stereocenters. The van der Waals surface area contributed by atoms with Crippen LogP contribution in [0.2, 0.25) is 0 Å². The van der Waals surface area contributed by atoms with E-state index in [1.54, 1.807) is 4.31 Å². The van der Waals surface area contributed by atoms with Crippen LogP contribution in [0.3, 0.4) is 0 Å². The number of pyridine rings is 1. The van der Waals surface area contributed by atoms with E-state index in [1.807, 2.05) is 26.1 Å². The van der Waals surface area contributed by atoms with Crippen molar-refractivity contribution in [3.8, 4) is 0 Å². The highest BCUT2D eigenvalue weighted by Crippen LogP contribution is 2.15. The Hall–Kier alpha value is -0.980. The molecule has 118 valence electrons. The second-order valence-electron chi connectivity index (χ2n) is 5.70. The maximum Gasteiger partial charge on any atom is 0.214 e. The topological polar surface area (TPSA) is 62.3 Å². The molecular formula is C15H25N3O2S. The molecule has 0 aromatic carbocycles. The smallest absolute Gasteiger partial charge is 0.214 e. The first kappa shape index (κ1) is 16.4. The molecule has 6 heteroatoms. The van der Waals surface area contributed by atoms with Crippen molar-refractivity contribution in [2.24, 2.45) is 0 Å². The zero-order valence-corrected chi connectivity index (χ0v) is 13.7. The third-order valence-electron chi connectivity index (χ3n) is 3.85. The summed E-state index contributed by atoms with van der Waals surface area (Å²) >= 11 is 0. The predicted molar refractivity (Wildman–Crippen MR) is 84.5 cm³/mol. The fraction of sp³-hybridized carbons (Fsp3) is 0.667. The van der Waals surface area contributed by atoms with E-state index in [2.05, 4.69) is 16.4 Å². The van der Waals surface area contributed by atoms with E-state index in [9.17, 15) is 8.42 Å². The molecule has 2 heterocycles. The number of aryl methyl sites for hydroxylation is 1. The first-order valence-electron chi connectivity index (χ1n) is 7.64. The predicted octanol–water partition coefficient (Wildman–Crippen LogP) is 1.68. The number of nitrogens with one attached hydrogen (secondary N) is 1. The molecule has 1 aromatic rings. The Labute approximate surface area is 127 Å². The van der Waals surface area contributed by atoms with E-state index in [4.69, 9.17) is 0 Å². The summed E-state index contributed by atoms with van der Waals surface area (Å²) in [5, 5.41) is 3.48. The SMILES string of the molecule is CCCS(=O)(=O)N1CCC(NCc2ccc(C)cn2)CC1. The highest BCUT2D eigenvalue weighted by Gasteiger charge is 2.26. The van der Waals surface area contributed by atoms with Crippen LogP contribution >= 0.6 is 0 Å². The van der Waals surface area contributed by atoms with Gasteiger partial charge in [-0.15, -0.1) is 0 Å². The number of sulfonamides is 1. The second kappa shape index (κ2) is 7.33. The number of nitrogens with zero attached hydrogens (tertiary/aromatic N) is 2. The quantitative estimate of drug-likeness (QED) is 0.868. The van der Waals surface area contributed by atoms with Gasteiger partial charge in [0.2, 0.25) is 10.0 Å². The van der Waals surface area contributed by atoms with Gasteiger partial charge in [0.1, 0.15) is 0 Å². The first-order valence-corrected chi connectivity index (χ1v) is 9.25. The van der Waals surface area contributed by atoms with Crippen LogP contribution in [0.15, 0.2) is 18.3 Å². The molecule has 0 spiro atoms. The number of aromatic nitrogens is 1. The second-order valence-corrected chi connectivity index (χ2v) is 7.79. The van der Waals surface area contributed by atoms with Crippen LogP contribution in [-0.4, -0.2) is 42.6 Å². The third kappa shape index (κ3) is 4.76. The van der Waals surface area contributed by atoms with Gasteiger partial charge in [0.25, 0.3) is 0 Å². The molecule has 1 aromatic heterocycles. The van der Waals surface area contributed by atoms with Crippen molar-refractivity contribution in [2.75, 3.05) is 18.8 Å². The minimum absolute atomic E-state index is 0.262. The van der Waals surface area contributed by atoms with Crippen molar-refractivity contribution in [1.29, 1.82) is 0 Å². The van der Waals surface area contributed by atoms with Crippen molar-refractivity contribution in [1.82, 2.24) is 14.6 Å². The first-order chi connectivity index (χ1) is 10.0. The molecule has 0 amide bonds. The molecule has 0 aliphatic carbocycles. The zero-order chi connectivity index (χ0) is 15.3. The van der Waals surface area contributed by atoms with Gasteiger partial charge in [-0.05, 0) is 37.8 Å². The fourth-order valence-corrected chi connectivity index (χ4v) is 4.12. The van der Waals surface area contributed by atoms with E-state index in [0.29, 0.717) is 25.6 Å². The summed E-state index contributed by atoms with van der Waals surface area (Å²) in [6.45, 7) is 5.92. The standard InChI is InChI=1S/C15H25N3O2S/c1-3-10-21(19,20)18-8-6-14(7-9-18)17-12-15-5-4-13(2)11-16-15/h4-5,11,14,17H,3,6-10,12H2,1-2H3. The molecule has 0 radical (unpaired) electrons. The van der Waals surface area contributed by atoms with Crippen molar-refractivity contribution in [2.45, 2.75) is 45.7 Å². The molecule has 0 bridgehead atoms. The normalized spacial score (nSPS) is 18.0. The minimum Gasteiger partial charge on any atom is -0.308 e. The molecular weight excluding hydrogens is 286 g/mol. The Bertz CT molecular complexity index is 535. The Morgan fingerprint density at radius 3 is 2.62 bits per heavy atom. The van der Waals surface area contributed by atoms with E-state index >= 15 is 0 Å². The van der Waals surface area contributed by atoms with Gasteiger partial charge in [-0.25, -0.2) is 12.7 Å². The monoisotopic (exact) mass is 311 g/mol. The van der Waals surface area contributed by atoms with Gasteiger partial charge in [-0.1, -0.05) is 13.0 Å². The Kier molecular flexibility index (Phi) is 5.72. The molecule has 1 N–H and O–H groups in total. The Morgan fingerprint density at radius 1 is 1.33 bits per heavy atom. The lowest BCUT2D eigenvalue weighted by Crippen LogP contribution is -2.45. The fourth-order valence-electron chi connectivity index (χ4n) is 2.58. The average Bonchev–Trinajstić information content (AvgIpc) is 2.47. The van der Waals surface area contributed by atoms with Crippen LogP contribution in [0.4, 0.5) is 0 Å². The van der Waals surface area contributed by atoms with Crippen molar-refractivity contribution in [3.63, 3.8) is 0 Å². The van der Waals surface area contributed by atoms with Crippen LogP contribution in [0.1, 0.15) is 37.4 Å². The summed E-state index contributed by atoms with van der Waals surface area (Å²) in [6, 6.07) is 4.47. The molecule has 1 fully saturated rings. The average molecular weight is 311 g/mol. The van der Waals surface area contributed by atoms with Crippen LogP contribution in [0.25, 0.3) is 0 Å². The number of piperidine rings is 1. The highest BCUT2D eigenvalue weighted by atomic mass is 32.2. The molecule has 5 nitrogen and oxygen atoms in total. The molecule has 2 rings (SSSR count). The minimum atomic E-state index is -3.04. The van der Waals surface area contributed by atoms with E-state index in [-0.39, 0.29) is 5.75 Å². The van der Waals surface area contributed by atoms with E-state index < -0.39 is 10.0 Å². The lowest BCUT2D eigenvalue weighted by Gasteiger charge is -2.31. The van der Waals surface area contributed by atoms with Gasteiger partial charge < -0.3 is 5.32 Å². The highest BCUT2D eigenvalue weighted by molar-refractivity contribution is 7.89. The lowest BCUT2D eigenvalue weighted by atomic mass is 10.1. The molecule has 0 saturated carbocycles. The molecule has 1 aliphatic rings. The van der Waals surface area contributed by atoms with Crippen LogP contribution < -0.4 is 5.32 Å². The number of rotatable bonds is 6. The van der Waals surface area contributed by atoms with Crippen LogP contribution in [-0.2, 0) is 16.6 Å². The molecule has 21 heavy (non-hydrogen) atoms. The molecule has 1 saturated heterocycles. The lowest BCUT2D eigenvalue weighted by molar-refractivity contribution is 0.288. The third-order valence-corrected chi connectivity index (χ3v) is 5.93. The summed E-state index contributed by atoms with van der Waals surface area (Å²) < 4.78 is 25.6. The van der Waals surface area contributed by atoms with Crippen molar-refractivity contribution >= 4 is 10.0 Å². The number of hydrogen-bond donors (Lipinski definition) is 1. The van der Waals surface area contributed by atoms with Gasteiger partial charge in [-0.3, -0.25) is 4.98 Å². The van der Waals surface area contributed by atoms with Gasteiger partial charge >= 0.3 is 0 Å². The number of hydrogen-bond acceptors (Lipinski definition) is 4. The summed E-state index contributed by atoms with van der Waals surface area (Å²) in [4.78, 5) is 4.37. The van der Waals surface area contributed by atoms with Gasteiger partial charge in [0.05, 0.1) is 11.4 Å². The summed E-state index contributed by atoms with van der Waals surface area (Å²) in [5.41, 5.74) is 2.19. The zero-order valence-electron chi connectivity index (χ0n) is 12.9. The summed E-state index contributed by atoms with van der Waals surface area (Å²) in [5.74, 6) is 0.262. The van der Waals surface area contributed by atoms with Crippen LogP contribution in [0.5, 0.6) is 0 Å². The van der Waals surface area contributed by atoms with E-state index in [1.165, 1.54) is 0 Å². The summed E-state index contributed by atoms with van der Waals surface area (Å²) in [6.07, 6.45) is 4.29. The van der Waals surface area contributed by atoms with Gasteiger partial charge in [-0.2, -0.15) is 0 Å². The van der Waals surface area contributed by atoms with Gasteiger partial charge in [0, 0.05) is 31.9 Å². The Morgan fingerprint density at radius 2 is 2.05 bits per heavy atom.